The zero-order chi connectivity index (χ0) is 11.3. The van der Waals surface area contributed by atoms with E-state index in [4.69, 9.17) is 4.74 Å². The predicted octanol–water partition coefficient (Wildman–Crippen LogP) is -2.23. The van der Waals surface area contributed by atoms with Crippen LogP contribution in [0.3, 0.4) is 0 Å². The molecule has 80 valence electrons. The number of hydrazine groups is 1. The van der Waals surface area contributed by atoms with Crippen LogP contribution in [0, 0.1) is 0 Å². The molecule has 1 amide bonds. The Bertz CT molecular complexity index is 370. The van der Waals surface area contributed by atoms with Gasteiger partial charge in [0.05, 0.1) is 7.11 Å². The third-order valence-corrected chi connectivity index (χ3v) is 1.83. The van der Waals surface area contributed by atoms with Crippen LogP contribution < -0.4 is 67.0 Å². The van der Waals surface area contributed by atoms with Gasteiger partial charge >= 0.3 is 51.4 Å². The summed E-state index contributed by atoms with van der Waals surface area (Å²) >= 11 is 9.14. The summed E-state index contributed by atoms with van der Waals surface area (Å²) in [4.78, 5) is 11.4. The Hall–Kier alpha value is 0.236. The fourth-order valence-electron chi connectivity index (χ4n) is 0.922. The summed E-state index contributed by atoms with van der Waals surface area (Å²) < 4.78 is 5.06. The molecule has 0 bridgehead atoms. The van der Waals surface area contributed by atoms with Crippen LogP contribution in [0.5, 0.6) is 5.75 Å². The molecule has 0 saturated carbocycles. The predicted molar refractivity (Wildman–Crippen MR) is 63.6 cm³/mol. The monoisotopic (exact) mass is 280 g/mol. The summed E-state index contributed by atoms with van der Waals surface area (Å²) in [5.41, 5.74) is 5.24. The van der Waals surface area contributed by atoms with Crippen LogP contribution in [0.1, 0.15) is 10.4 Å². The van der Waals surface area contributed by atoms with Crippen molar-refractivity contribution in [2.75, 3.05) is 7.11 Å². The summed E-state index contributed by atoms with van der Waals surface area (Å²) in [6, 6.07) is 6.67. The molecule has 1 aromatic rings. The van der Waals surface area contributed by atoms with Crippen molar-refractivity contribution in [3.05, 3.63) is 29.8 Å². The van der Waals surface area contributed by atoms with E-state index < -0.39 is 0 Å². The van der Waals surface area contributed by atoms with Crippen molar-refractivity contribution in [1.29, 1.82) is 0 Å². The number of hydrogen-bond donors (Lipinski definition) is 2. The molecule has 16 heavy (non-hydrogen) atoms. The van der Waals surface area contributed by atoms with Crippen molar-refractivity contribution >= 4 is 35.1 Å². The number of amides is 1. The van der Waals surface area contributed by atoms with Crippen molar-refractivity contribution < 1.29 is 60.9 Å². The normalized spacial score (nSPS) is 8.56. The Labute approximate surface area is 147 Å². The van der Waals surface area contributed by atoms with E-state index in [9.17, 15) is 4.79 Å². The molecule has 0 spiro atoms. The molecule has 0 aliphatic heterocycles. The van der Waals surface area contributed by atoms with Gasteiger partial charge in [-0.1, -0.05) is 0 Å². The molecule has 1 aromatic carbocycles. The van der Waals surface area contributed by atoms with E-state index in [0.717, 1.165) is 0 Å². The molecule has 4 nitrogen and oxygen atoms in total. The first-order chi connectivity index (χ1) is 7.13. The van der Waals surface area contributed by atoms with Crippen LogP contribution in [-0.4, -0.2) is 17.3 Å². The molecule has 0 aliphatic carbocycles. The van der Waals surface area contributed by atoms with Gasteiger partial charge in [-0.05, 0) is 28.6 Å². The molecule has 2 N–H and O–H groups in total. The van der Waals surface area contributed by atoms with Gasteiger partial charge in [0.15, 0.2) is 0 Å². The Balaban J connectivity index is 0.00000225. The summed E-state index contributed by atoms with van der Waals surface area (Å²) in [7, 11) is 1.56. The number of benzene rings is 1. The molecular formula is C9H9KN2O2S2. The SMILES string of the molecule is COc1ccc(C(=O)NNC(=S)[S-])cc1.[K+]. The summed E-state index contributed by atoms with van der Waals surface area (Å²) in [5.74, 6) is 0.392. The molecule has 0 radical (unpaired) electrons. The topological polar surface area (TPSA) is 50.4 Å². The zero-order valence-corrected chi connectivity index (χ0v) is 13.7. The number of methoxy groups -OCH3 is 1. The summed E-state index contributed by atoms with van der Waals surface area (Å²) in [6.07, 6.45) is 0. The molecule has 7 heteroatoms. The van der Waals surface area contributed by atoms with Gasteiger partial charge in [0, 0.05) is 5.56 Å². The van der Waals surface area contributed by atoms with E-state index in [1.807, 2.05) is 0 Å². The van der Waals surface area contributed by atoms with Crippen LogP contribution in [0.2, 0.25) is 0 Å². The smallest absolute Gasteiger partial charge is 0.497 e. The minimum absolute atomic E-state index is 0. The maximum absolute atomic E-state index is 11.4. The average Bonchev–Trinajstić information content (AvgIpc) is 2.26. The van der Waals surface area contributed by atoms with E-state index in [0.29, 0.717) is 11.3 Å². The number of hydrogen-bond acceptors (Lipinski definition) is 4. The number of carbonyl (C=O) groups excluding carboxylic acids is 1. The van der Waals surface area contributed by atoms with Crippen LogP contribution in [0.15, 0.2) is 24.3 Å². The Morgan fingerprint density at radius 2 is 1.88 bits per heavy atom. The van der Waals surface area contributed by atoms with Crippen molar-refractivity contribution in [3.63, 3.8) is 0 Å². The maximum atomic E-state index is 11.4. The summed E-state index contributed by atoms with van der Waals surface area (Å²) in [5, 5.41) is 0. The molecule has 0 unspecified atom stereocenters. The van der Waals surface area contributed by atoms with Gasteiger partial charge in [-0.15, -0.1) is 0 Å². The minimum Gasteiger partial charge on any atom is -0.497 e. The van der Waals surface area contributed by atoms with Crippen LogP contribution in [0.4, 0.5) is 0 Å². The Morgan fingerprint density at radius 1 is 1.31 bits per heavy atom. The van der Waals surface area contributed by atoms with Crippen molar-refractivity contribution in [3.8, 4) is 5.75 Å². The van der Waals surface area contributed by atoms with Gasteiger partial charge in [-0.25, -0.2) is 0 Å². The fraction of sp³-hybridized carbons (Fsp3) is 0.111. The number of thiocarbonyl (C=S) groups is 1. The van der Waals surface area contributed by atoms with Gasteiger partial charge in [0.25, 0.3) is 5.91 Å². The van der Waals surface area contributed by atoms with E-state index in [2.05, 4.69) is 35.7 Å². The molecule has 0 aromatic heterocycles. The van der Waals surface area contributed by atoms with Crippen molar-refractivity contribution in [1.82, 2.24) is 10.9 Å². The van der Waals surface area contributed by atoms with Crippen molar-refractivity contribution in [2.24, 2.45) is 0 Å². The van der Waals surface area contributed by atoms with Gasteiger partial charge in [-0.2, -0.15) is 0 Å². The maximum Gasteiger partial charge on any atom is 1.00 e. The second-order valence-corrected chi connectivity index (χ2v) is 3.67. The summed E-state index contributed by atoms with van der Waals surface area (Å²) in [6.45, 7) is 0. The molecule has 0 saturated heterocycles. The minimum atomic E-state index is -0.301. The Morgan fingerprint density at radius 3 is 2.31 bits per heavy atom. The van der Waals surface area contributed by atoms with Crippen LogP contribution in [0.25, 0.3) is 0 Å². The average molecular weight is 280 g/mol. The molecule has 0 aliphatic rings. The second kappa shape index (κ2) is 8.35. The Kier molecular flexibility index (Phi) is 8.47. The molecule has 0 fully saturated rings. The quantitative estimate of drug-likeness (QED) is 0.278. The molecular weight excluding hydrogens is 271 g/mol. The first-order valence-electron chi connectivity index (χ1n) is 4.05. The van der Waals surface area contributed by atoms with Gasteiger partial charge < -0.3 is 35.0 Å². The third-order valence-electron chi connectivity index (χ3n) is 1.63. The van der Waals surface area contributed by atoms with E-state index >= 15 is 0 Å². The fourth-order valence-corrected chi connectivity index (χ4v) is 1.02. The van der Waals surface area contributed by atoms with Gasteiger partial charge in [0.1, 0.15) is 5.75 Å². The second-order valence-electron chi connectivity index (χ2n) is 2.60. The van der Waals surface area contributed by atoms with E-state index in [-0.39, 0.29) is 61.6 Å². The van der Waals surface area contributed by atoms with Gasteiger partial charge in [0.2, 0.25) is 0 Å². The first-order valence-corrected chi connectivity index (χ1v) is 4.86. The molecule has 0 atom stereocenters. The number of rotatable bonds is 2. The van der Waals surface area contributed by atoms with E-state index in [1.165, 1.54) is 0 Å². The number of carbonyl (C=O) groups is 1. The number of ether oxygens (including phenoxy) is 1. The zero-order valence-electron chi connectivity index (χ0n) is 8.94. The van der Waals surface area contributed by atoms with Gasteiger partial charge in [-0.3, -0.25) is 10.2 Å². The van der Waals surface area contributed by atoms with Crippen LogP contribution in [-0.2, 0) is 12.6 Å². The largest absolute Gasteiger partial charge is 1.00 e. The molecule has 1 rings (SSSR count). The third kappa shape index (κ3) is 5.53. The first kappa shape index (κ1) is 16.2. The van der Waals surface area contributed by atoms with Crippen LogP contribution >= 0.6 is 12.2 Å². The standard InChI is InChI=1S/C9H10N2O2S2.K/c1-13-7-4-2-6(3-5-7)8(12)10-11-9(14)15;/h2-5H,1H3,(H,10,12)(H2,11,14,15);/q;+1/p-1. The van der Waals surface area contributed by atoms with Crippen molar-refractivity contribution in [2.45, 2.75) is 0 Å². The van der Waals surface area contributed by atoms with E-state index in [1.54, 1.807) is 31.4 Å². The number of nitrogens with one attached hydrogen (secondary N) is 2. The molecule has 0 heterocycles.